The Balaban J connectivity index is 1.64. The van der Waals surface area contributed by atoms with Crippen LogP contribution in [0.4, 0.5) is 4.39 Å². The molecule has 0 spiro atoms. The number of hydrogen-bond donors (Lipinski definition) is 3. The molecule has 3 rings (SSSR count). The summed E-state index contributed by atoms with van der Waals surface area (Å²) in [5, 5.41) is 13.2. The Kier molecular flexibility index (Phi) is 4.92. The minimum Gasteiger partial charge on any atom is -0.386 e. The van der Waals surface area contributed by atoms with E-state index in [0.29, 0.717) is 30.4 Å². The highest BCUT2D eigenvalue weighted by molar-refractivity contribution is 6.22. The van der Waals surface area contributed by atoms with Gasteiger partial charge in [-0.05, 0) is 17.7 Å². The summed E-state index contributed by atoms with van der Waals surface area (Å²) in [7, 11) is 0. The van der Waals surface area contributed by atoms with Crippen molar-refractivity contribution in [2.75, 3.05) is 19.6 Å². The number of amides is 3. The fourth-order valence-corrected chi connectivity index (χ4v) is 2.82. The average Bonchev–Trinajstić information content (AvgIpc) is 2.88. The molecule has 0 aliphatic carbocycles. The third-order valence-electron chi connectivity index (χ3n) is 4.20. The molecule has 8 heteroatoms. The topological polar surface area (TPSA) is 102 Å². The molecule has 1 aromatic carbocycles. The zero-order valence-corrected chi connectivity index (χ0v) is 13.8. The van der Waals surface area contributed by atoms with Crippen molar-refractivity contribution in [2.24, 2.45) is 0 Å². The van der Waals surface area contributed by atoms with E-state index in [2.05, 4.69) is 10.6 Å². The van der Waals surface area contributed by atoms with Crippen LogP contribution in [0.1, 0.15) is 27.1 Å². The number of benzene rings is 1. The van der Waals surface area contributed by atoms with Crippen molar-refractivity contribution >= 4 is 23.4 Å². The molecule has 0 atom stereocenters. The summed E-state index contributed by atoms with van der Waals surface area (Å²) in [5.74, 6) is -1.28. The molecular formula is C18H17FN4O3. The van der Waals surface area contributed by atoms with Crippen molar-refractivity contribution in [2.45, 2.75) is 6.42 Å². The van der Waals surface area contributed by atoms with Crippen LogP contribution in [0.15, 0.2) is 47.9 Å². The monoisotopic (exact) mass is 356 g/mol. The van der Waals surface area contributed by atoms with E-state index in [1.807, 2.05) is 0 Å². The van der Waals surface area contributed by atoms with Gasteiger partial charge in [-0.15, -0.1) is 0 Å². The molecule has 1 saturated heterocycles. The Morgan fingerprint density at radius 3 is 2.46 bits per heavy atom. The second-order valence-corrected chi connectivity index (χ2v) is 5.93. The molecule has 0 unspecified atom stereocenters. The second-order valence-electron chi connectivity index (χ2n) is 5.93. The molecule has 3 N–H and O–H groups in total. The maximum absolute atomic E-state index is 13.2. The highest BCUT2D eigenvalue weighted by Gasteiger charge is 2.35. The van der Waals surface area contributed by atoms with Gasteiger partial charge in [0.25, 0.3) is 17.7 Å². The van der Waals surface area contributed by atoms with E-state index >= 15 is 0 Å². The summed E-state index contributed by atoms with van der Waals surface area (Å²) in [6.45, 7) is 0.223. The summed E-state index contributed by atoms with van der Waals surface area (Å²) in [6.07, 6.45) is 2.12. The highest BCUT2D eigenvalue weighted by Crippen LogP contribution is 2.23. The van der Waals surface area contributed by atoms with Crippen molar-refractivity contribution in [3.05, 3.63) is 59.1 Å². The lowest BCUT2D eigenvalue weighted by Gasteiger charge is -2.18. The number of nitrogens with zero attached hydrogens (tertiary/aromatic N) is 1. The second kappa shape index (κ2) is 7.30. The normalized spacial score (nSPS) is 19.0. The number of nitrogens with one attached hydrogen (secondary N) is 3. The summed E-state index contributed by atoms with van der Waals surface area (Å²) < 4.78 is 13.2. The van der Waals surface area contributed by atoms with Gasteiger partial charge in [0.05, 0.1) is 29.6 Å². The molecule has 3 amide bonds. The average molecular weight is 356 g/mol. The Morgan fingerprint density at radius 2 is 1.88 bits per heavy atom. The molecule has 0 bridgehead atoms. The number of fused-ring (bicyclic) bond motifs is 1. The summed E-state index contributed by atoms with van der Waals surface area (Å²) in [4.78, 5) is 37.3. The lowest BCUT2D eigenvalue weighted by atomic mass is 10.0. The van der Waals surface area contributed by atoms with Gasteiger partial charge in [-0.2, -0.15) is 0 Å². The van der Waals surface area contributed by atoms with E-state index in [9.17, 15) is 18.8 Å². The van der Waals surface area contributed by atoms with Crippen molar-refractivity contribution in [3.63, 3.8) is 0 Å². The van der Waals surface area contributed by atoms with Crippen molar-refractivity contribution in [1.82, 2.24) is 15.5 Å². The maximum atomic E-state index is 13.2. The third kappa shape index (κ3) is 3.26. The van der Waals surface area contributed by atoms with E-state index in [-0.39, 0.29) is 35.9 Å². The standard InChI is InChI=1S/C18H17FN4O3/c19-7-11(8-21-9-14-15(20)5-6-22-16(14)24)10-23-17(25)12-3-1-2-4-13(12)18(23)26/h1-4,7,9,20-21H,5-6,8,10H2,(H,22,24)/b11-7-,14-9+,20-15?. The number of piperidine rings is 1. The van der Waals surface area contributed by atoms with Crippen LogP contribution in [0.5, 0.6) is 0 Å². The van der Waals surface area contributed by atoms with Crippen LogP contribution < -0.4 is 10.6 Å². The summed E-state index contributed by atoms with van der Waals surface area (Å²) in [5.41, 5.74) is 1.16. The fraction of sp³-hybridized carbons (Fsp3) is 0.222. The molecule has 1 aromatic rings. The molecular weight excluding hydrogens is 339 g/mol. The van der Waals surface area contributed by atoms with Gasteiger partial charge in [0.1, 0.15) is 0 Å². The van der Waals surface area contributed by atoms with Crippen LogP contribution in [-0.2, 0) is 4.79 Å². The van der Waals surface area contributed by atoms with E-state index in [4.69, 9.17) is 5.41 Å². The van der Waals surface area contributed by atoms with Crippen molar-refractivity contribution < 1.29 is 18.8 Å². The Bertz CT molecular complexity index is 807. The van der Waals surface area contributed by atoms with Gasteiger partial charge in [-0.3, -0.25) is 19.3 Å². The first-order chi connectivity index (χ1) is 12.5. The quantitative estimate of drug-likeness (QED) is 0.544. The van der Waals surface area contributed by atoms with Crippen molar-refractivity contribution in [3.8, 4) is 0 Å². The smallest absolute Gasteiger partial charge is 0.261 e. The summed E-state index contributed by atoms with van der Waals surface area (Å²) >= 11 is 0. The van der Waals surface area contributed by atoms with Gasteiger partial charge in [-0.25, -0.2) is 4.39 Å². The van der Waals surface area contributed by atoms with Gasteiger partial charge < -0.3 is 16.0 Å². The minimum absolute atomic E-state index is 0.00599. The first kappa shape index (κ1) is 17.5. The maximum Gasteiger partial charge on any atom is 0.261 e. The molecule has 0 saturated carbocycles. The first-order valence-electron chi connectivity index (χ1n) is 8.06. The molecule has 2 heterocycles. The van der Waals surface area contributed by atoms with Crippen LogP contribution in [0.2, 0.25) is 0 Å². The largest absolute Gasteiger partial charge is 0.386 e. The van der Waals surface area contributed by atoms with Gasteiger partial charge in [0, 0.05) is 31.4 Å². The predicted molar refractivity (Wildman–Crippen MR) is 92.4 cm³/mol. The Morgan fingerprint density at radius 1 is 1.23 bits per heavy atom. The molecule has 0 aromatic heterocycles. The molecule has 1 fully saturated rings. The molecule has 2 aliphatic rings. The van der Waals surface area contributed by atoms with E-state index in [0.717, 1.165) is 4.90 Å². The number of carbonyl (C=O) groups excluding carboxylic acids is 3. The highest BCUT2D eigenvalue weighted by atomic mass is 19.1. The van der Waals surface area contributed by atoms with Gasteiger partial charge in [0.2, 0.25) is 0 Å². The molecule has 26 heavy (non-hydrogen) atoms. The molecule has 134 valence electrons. The SMILES string of the molecule is N=C1CCNC(=O)/C1=C/NC/C(=C/F)CN1C(=O)c2ccccc2C1=O. The van der Waals surface area contributed by atoms with Crippen LogP contribution in [0.3, 0.4) is 0 Å². The number of imide groups is 1. The predicted octanol–water partition coefficient (Wildman–Crippen LogP) is 1.15. The van der Waals surface area contributed by atoms with Gasteiger partial charge in [0.15, 0.2) is 0 Å². The Hall–Kier alpha value is -3.29. The molecule has 2 aliphatic heterocycles. The molecule has 7 nitrogen and oxygen atoms in total. The van der Waals surface area contributed by atoms with Crippen molar-refractivity contribution in [1.29, 1.82) is 5.41 Å². The van der Waals surface area contributed by atoms with Gasteiger partial charge >= 0.3 is 0 Å². The van der Waals surface area contributed by atoms with Gasteiger partial charge in [-0.1, -0.05) is 12.1 Å². The number of hydrogen-bond acceptors (Lipinski definition) is 5. The fourth-order valence-electron chi connectivity index (χ4n) is 2.82. The number of halogens is 1. The van der Waals surface area contributed by atoms with Crippen LogP contribution in [0, 0.1) is 5.41 Å². The summed E-state index contributed by atoms with van der Waals surface area (Å²) in [6, 6.07) is 6.45. The number of carbonyl (C=O) groups is 3. The third-order valence-corrected chi connectivity index (χ3v) is 4.20. The van der Waals surface area contributed by atoms with E-state index in [1.54, 1.807) is 24.3 Å². The minimum atomic E-state index is -0.461. The molecule has 0 radical (unpaired) electrons. The van der Waals surface area contributed by atoms with E-state index < -0.39 is 11.8 Å². The zero-order valence-electron chi connectivity index (χ0n) is 13.8. The van der Waals surface area contributed by atoms with Crippen LogP contribution in [-0.4, -0.2) is 48.0 Å². The van der Waals surface area contributed by atoms with Crippen LogP contribution in [0.25, 0.3) is 0 Å². The first-order valence-corrected chi connectivity index (χ1v) is 8.06. The lowest BCUT2D eigenvalue weighted by Crippen LogP contribution is -2.37. The lowest BCUT2D eigenvalue weighted by molar-refractivity contribution is -0.117. The zero-order chi connectivity index (χ0) is 18.7. The van der Waals surface area contributed by atoms with Crippen LogP contribution >= 0.6 is 0 Å². The number of rotatable bonds is 5. The van der Waals surface area contributed by atoms with E-state index in [1.165, 1.54) is 6.20 Å². The Labute approximate surface area is 149 Å².